The molecule has 3 aromatic rings. The lowest BCUT2D eigenvalue weighted by Gasteiger charge is -2.32. The van der Waals surface area contributed by atoms with Crippen LogP contribution in [0.2, 0.25) is 0 Å². The Labute approximate surface area is 168 Å². The van der Waals surface area contributed by atoms with Crippen molar-refractivity contribution >= 4 is 21.5 Å². The van der Waals surface area contributed by atoms with E-state index in [0.29, 0.717) is 11.4 Å². The molecular weight excluding hydrogens is 392 g/mol. The molecule has 9 heteroatoms. The average Bonchev–Trinajstić information content (AvgIpc) is 3.13. The number of fused-ring (bicyclic) bond motifs is 1. The van der Waals surface area contributed by atoms with Crippen molar-refractivity contribution in [2.45, 2.75) is 37.7 Å². The standard InChI is InChI=1S/C20H20N4O4S/c1-13-7-8-21-18(9-13)24-12-14(11-22-24)29(26,27)23-16-6-4-5-15-17(25)10-20(2,3)28-19(15)16/h4-9,11-12,23H,10H2,1-3H3. The third-order valence-electron chi connectivity index (χ3n) is 4.53. The summed E-state index contributed by atoms with van der Waals surface area (Å²) in [5.74, 6) is 0.667. The summed E-state index contributed by atoms with van der Waals surface area (Å²) in [4.78, 5) is 16.6. The number of ketones is 1. The zero-order chi connectivity index (χ0) is 20.8. The van der Waals surface area contributed by atoms with Gasteiger partial charge in [0, 0.05) is 6.20 Å². The molecule has 8 nitrogen and oxygen atoms in total. The van der Waals surface area contributed by atoms with Crippen LogP contribution < -0.4 is 9.46 Å². The summed E-state index contributed by atoms with van der Waals surface area (Å²) in [6.45, 7) is 5.49. The number of hydrogen-bond acceptors (Lipinski definition) is 6. The Hall–Kier alpha value is -3.20. The van der Waals surface area contributed by atoms with E-state index in [1.54, 1.807) is 44.3 Å². The SMILES string of the molecule is Cc1ccnc(-n2cc(S(=O)(=O)Nc3cccc4c3OC(C)(C)CC4=O)cn2)c1. The number of rotatable bonds is 4. The first-order valence-electron chi connectivity index (χ1n) is 9.00. The van der Waals surface area contributed by atoms with Crippen LogP contribution in [0.25, 0.3) is 5.82 Å². The minimum absolute atomic E-state index is 0.0280. The van der Waals surface area contributed by atoms with Gasteiger partial charge >= 0.3 is 0 Å². The van der Waals surface area contributed by atoms with Crippen LogP contribution in [0.3, 0.4) is 0 Å². The maximum atomic E-state index is 12.9. The lowest BCUT2D eigenvalue weighted by molar-refractivity contribution is 0.0624. The molecule has 0 amide bonds. The van der Waals surface area contributed by atoms with Crippen molar-refractivity contribution in [2.75, 3.05) is 4.72 Å². The maximum absolute atomic E-state index is 12.9. The fraction of sp³-hybridized carbons (Fsp3) is 0.250. The number of aryl methyl sites for hydroxylation is 1. The Balaban J connectivity index is 1.67. The Morgan fingerprint density at radius 1 is 1.24 bits per heavy atom. The molecule has 0 saturated carbocycles. The molecular formula is C20H20N4O4S. The highest BCUT2D eigenvalue weighted by Gasteiger charge is 2.34. The second-order valence-electron chi connectivity index (χ2n) is 7.56. The Morgan fingerprint density at radius 2 is 2.03 bits per heavy atom. The minimum atomic E-state index is -3.95. The summed E-state index contributed by atoms with van der Waals surface area (Å²) in [6.07, 6.45) is 4.49. The fourth-order valence-electron chi connectivity index (χ4n) is 3.16. The molecule has 2 aromatic heterocycles. The molecule has 3 heterocycles. The van der Waals surface area contributed by atoms with Crippen LogP contribution >= 0.6 is 0 Å². The summed E-state index contributed by atoms with van der Waals surface area (Å²) in [7, 11) is -3.95. The van der Waals surface area contributed by atoms with Gasteiger partial charge in [0.2, 0.25) is 0 Å². The summed E-state index contributed by atoms with van der Waals surface area (Å²) in [5, 5.41) is 4.11. The number of Topliss-reactive ketones (excluding diaryl/α,β-unsaturated/α-hetero) is 1. The number of ether oxygens (including phenoxy) is 1. The van der Waals surface area contributed by atoms with Crippen LogP contribution in [0, 0.1) is 6.92 Å². The van der Waals surface area contributed by atoms with Crippen molar-refractivity contribution in [2.24, 2.45) is 0 Å². The van der Waals surface area contributed by atoms with E-state index in [4.69, 9.17) is 4.74 Å². The van der Waals surface area contributed by atoms with Gasteiger partial charge in [0.25, 0.3) is 10.0 Å². The predicted molar refractivity (Wildman–Crippen MR) is 107 cm³/mol. The number of sulfonamides is 1. The van der Waals surface area contributed by atoms with Gasteiger partial charge in [-0.25, -0.2) is 18.1 Å². The van der Waals surface area contributed by atoms with Gasteiger partial charge in [-0.2, -0.15) is 5.10 Å². The van der Waals surface area contributed by atoms with E-state index in [-0.39, 0.29) is 28.5 Å². The highest BCUT2D eigenvalue weighted by molar-refractivity contribution is 7.92. The Bertz CT molecular complexity index is 1210. The molecule has 1 N–H and O–H groups in total. The molecule has 1 aliphatic rings. The first-order chi connectivity index (χ1) is 13.6. The van der Waals surface area contributed by atoms with E-state index in [0.717, 1.165) is 5.56 Å². The Kier molecular flexibility index (Phi) is 4.42. The molecule has 0 saturated heterocycles. The molecule has 150 valence electrons. The Morgan fingerprint density at radius 3 is 2.79 bits per heavy atom. The van der Waals surface area contributed by atoms with Crippen molar-refractivity contribution in [3.8, 4) is 11.6 Å². The zero-order valence-electron chi connectivity index (χ0n) is 16.2. The van der Waals surface area contributed by atoms with Crippen molar-refractivity contribution in [3.63, 3.8) is 0 Å². The van der Waals surface area contributed by atoms with Crippen LogP contribution in [-0.2, 0) is 10.0 Å². The van der Waals surface area contributed by atoms with Gasteiger partial charge in [-0.1, -0.05) is 6.07 Å². The lowest BCUT2D eigenvalue weighted by Crippen LogP contribution is -2.36. The monoisotopic (exact) mass is 412 g/mol. The first kappa shape index (κ1) is 19.1. The van der Waals surface area contributed by atoms with Crippen LogP contribution in [0.4, 0.5) is 5.69 Å². The number of carbonyl (C=O) groups is 1. The quantitative estimate of drug-likeness (QED) is 0.706. The summed E-state index contributed by atoms with van der Waals surface area (Å²) < 4.78 is 35.7. The topological polar surface area (TPSA) is 103 Å². The summed E-state index contributed by atoms with van der Waals surface area (Å²) in [5.41, 5.74) is 0.843. The van der Waals surface area contributed by atoms with Gasteiger partial charge in [-0.3, -0.25) is 9.52 Å². The molecule has 0 unspecified atom stereocenters. The van der Waals surface area contributed by atoms with Gasteiger partial charge < -0.3 is 4.74 Å². The molecule has 0 spiro atoms. The number of pyridine rings is 1. The van der Waals surface area contributed by atoms with Crippen LogP contribution in [0.15, 0.2) is 53.8 Å². The predicted octanol–water partition coefficient (Wildman–Crippen LogP) is 3.12. The molecule has 0 fully saturated rings. The number of aromatic nitrogens is 3. The number of anilines is 1. The van der Waals surface area contributed by atoms with Crippen molar-refractivity contribution < 1.29 is 17.9 Å². The van der Waals surface area contributed by atoms with Crippen molar-refractivity contribution in [1.29, 1.82) is 0 Å². The number of nitrogens with one attached hydrogen (secondary N) is 1. The van der Waals surface area contributed by atoms with E-state index in [2.05, 4.69) is 14.8 Å². The number of benzene rings is 1. The van der Waals surface area contributed by atoms with Gasteiger partial charge in [-0.15, -0.1) is 0 Å². The number of carbonyl (C=O) groups excluding carboxylic acids is 1. The highest BCUT2D eigenvalue weighted by Crippen LogP contribution is 2.39. The third kappa shape index (κ3) is 3.73. The van der Waals surface area contributed by atoms with E-state index in [1.807, 2.05) is 13.0 Å². The average molecular weight is 412 g/mol. The number of para-hydroxylation sites is 1. The summed E-state index contributed by atoms with van der Waals surface area (Å²) >= 11 is 0. The second kappa shape index (κ2) is 6.70. The van der Waals surface area contributed by atoms with Crippen molar-refractivity contribution in [3.05, 3.63) is 60.0 Å². The van der Waals surface area contributed by atoms with E-state index in [1.165, 1.54) is 17.1 Å². The highest BCUT2D eigenvalue weighted by atomic mass is 32.2. The van der Waals surface area contributed by atoms with E-state index in [9.17, 15) is 13.2 Å². The minimum Gasteiger partial charge on any atom is -0.484 e. The van der Waals surface area contributed by atoms with E-state index < -0.39 is 15.6 Å². The van der Waals surface area contributed by atoms with Crippen molar-refractivity contribution in [1.82, 2.24) is 14.8 Å². The van der Waals surface area contributed by atoms with Gasteiger partial charge in [0.05, 0.1) is 30.1 Å². The van der Waals surface area contributed by atoms with Gasteiger partial charge in [0.1, 0.15) is 10.5 Å². The van der Waals surface area contributed by atoms with E-state index >= 15 is 0 Å². The third-order valence-corrected chi connectivity index (χ3v) is 5.85. The molecule has 1 aliphatic heterocycles. The van der Waals surface area contributed by atoms with Crippen LogP contribution in [0.1, 0.15) is 36.2 Å². The molecule has 0 radical (unpaired) electrons. The van der Waals surface area contributed by atoms with Gasteiger partial charge in [-0.05, 0) is 50.6 Å². The van der Waals surface area contributed by atoms with Crippen LogP contribution in [0.5, 0.6) is 5.75 Å². The zero-order valence-corrected chi connectivity index (χ0v) is 17.0. The molecule has 4 rings (SSSR count). The number of hydrogen-bond donors (Lipinski definition) is 1. The molecule has 0 atom stereocenters. The maximum Gasteiger partial charge on any atom is 0.265 e. The first-order valence-corrected chi connectivity index (χ1v) is 10.5. The lowest BCUT2D eigenvalue weighted by atomic mass is 9.93. The molecule has 0 aliphatic carbocycles. The second-order valence-corrected chi connectivity index (χ2v) is 9.24. The smallest absolute Gasteiger partial charge is 0.265 e. The molecule has 1 aromatic carbocycles. The molecule has 0 bridgehead atoms. The summed E-state index contributed by atoms with van der Waals surface area (Å²) in [6, 6.07) is 8.46. The molecule has 29 heavy (non-hydrogen) atoms. The fourth-order valence-corrected chi connectivity index (χ4v) is 4.15. The van der Waals surface area contributed by atoms with Gasteiger partial charge in [0.15, 0.2) is 17.4 Å². The van der Waals surface area contributed by atoms with Crippen LogP contribution in [-0.4, -0.2) is 34.6 Å². The normalized spacial score (nSPS) is 15.5. The largest absolute Gasteiger partial charge is 0.484 e. The number of nitrogens with zero attached hydrogens (tertiary/aromatic N) is 3.